The smallest absolute Gasteiger partial charge is 0.300 e. The van der Waals surface area contributed by atoms with Gasteiger partial charge in [-0.25, -0.2) is 0 Å². The van der Waals surface area contributed by atoms with Gasteiger partial charge in [0.25, 0.3) is 102 Å². The molecule has 0 bridgehead atoms. The summed E-state index contributed by atoms with van der Waals surface area (Å²) in [4.78, 5) is 0. The van der Waals surface area contributed by atoms with Crippen molar-refractivity contribution >= 4 is 102 Å². The van der Waals surface area contributed by atoms with Crippen LogP contribution in [0.5, 0.6) is 0 Å². The predicted molar refractivity (Wildman–Crippen MR) is 155 cm³/mol. The number of rotatable bonds is 0. The van der Waals surface area contributed by atoms with E-state index in [9.17, 15) is 0 Å². The van der Waals surface area contributed by atoms with Crippen LogP contribution in [0.2, 0.25) is 72.0 Å². The summed E-state index contributed by atoms with van der Waals surface area (Å²) in [6.45, 7) is 22.2. The second-order valence-corrected chi connectivity index (χ2v) is 32.2. The monoisotopic (exact) mass is 660 g/mol. The molecular formula is C11H44O11Si11. The second kappa shape index (κ2) is 17.5. The lowest BCUT2D eigenvalue weighted by molar-refractivity contribution is 0.298. The zero-order valence-corrected chi connectivity index (χ0v) is 34.5. The van der Waals surface area contributed by atoms with Crippen molar-refractivity contribution in [3.8, 4) is 0 Å². The van der Waals surface area contributed by atoms with Gasteiger partial charge in [-0.3, -0.25) is 0 Å². The van der Waals surface area contributed by atoms with E-state index in [0.717, 1.165) is 0 Å². The maximum Gasteiger partial charge on any atom is 0.300 e. The first-order valence-corrected chi connectivity index (χ1v) is 34.6. The Labute approximate surface area is 218 Å². The standard InChI is InChI=1S/C11H44O11Si11/c1-23-12-24(2)14-26(4)16-28(6)18-30(8)20-32(10)22-33(11)21-31(9)19-29(7)17-27(5)15-25(3)13-23/h23-33H,1-11H3. The van der Waals surface area contributed by atoms with E-state index in [1.54, 1.807) is 0 Å². The molecule has 0 radical (unpaired) electrons. The van der Waals surface area contributed by atoms with E-state index in [-0.39, 0.29) is 0 Å². The van der Waals surface area contributed by atoms with Crippen molar-refractivity contribution in [3.05, 3.63) is 0 Å². The minimum Gasteiger partial charge on any atom is -0.420 e. The van der Waals surface area contributed by atoms with Crippen molar-refractivity contribution in [1.29, 1.82) is 0 Å². The fourth-order valence-electron chi connectivity index (χ4n) is 3.32. The molecule has 1 saturated heterocycles. The van der Waals surface area contributed by atoms with Crippen molar-refractivity contribution in [2.24, 2.45) is 0 Å². The number of hydrogen-bond acceptors (Lipinski definition) is 11. The summed E-state index contributed by atoms with van der Waals surface area (Å²) in [7, 11) is -20.2. The molecule has 0 saturated carbocycles. The van der Waals surface area contributed by atoms with Crippen LogP contribution in [0.3, 0.4) is 0 Å². The van der Waals surface area contributed by atoms with E-state index in [1.807, 2.05) is 72.0 Å². The Morgan fingerprint density at radius 3 is 0.303 bits per heavy atom. The summed E-state index contributed by atoms with van der Waals surface area (Å²) >= 11 is 0. The molecule has 0 N–H and O–H groups in total. The van der Waals surface area contributed by atoms with E-state index in [1.165, 1.54) is 0 Å². The molecule has 1 heterocycles. The topological polar surface area (TPSA) is 102 Å². The molecule has 11 nitrogen and oxygen atoms in total. The summed E-state index contributed by atoms with van der Waals surface area (Å²) in [6, 6.07) is 0. The SMILES string of the molecule is C[SiH]1O[SiH](C)O[SiH](C)O[SiH](C)O[SiH](C)O[SiH](C)O[SiH](C)O[SiH](C)O[SiH](C)O[SiH](C)O[SiH](C)O1. The van der Waals surface area contributed by atoms with Gasteiger partial charge in [-0.05, 0) is 72.0 Å². The van der Waals surface area contributed by atoms with Crippen LogP contribution in [0.15, 0.2) is 0 Å². The molecule has 1 rings (SSSR count). The van der Waals surface area contributed by atoms with Crippen LogP contribution < -0.4 is 0 Å². The van der Waals surface area contributed by atoms with E-state index in [4.69, 9.17) is 45.3 Å². The van der Waals surface area contributed by atoms with Crippen LogP contribution in [0, 0.1) is 0 Å². The quantitative estimate of drug-likeness (QED) is 0.285. The maximum absolute atomic E-state index is 6.10. The predicted octanol–water partition coefficient (Wildman–Crippen LogP) is -1.46. The number of hydrogen-bond donors (Lipinski definition) is 0. The zero-order chi connectivity index (χ0) is 25.1. The highest BCUT2D eigenvalue weighted by Crippen LogP contribution is 2.08. The van der Waals surface area contributed by atoms with Gasteiger partial charge in [0.15, 0.2) is 0 Å². The molecule has 0 aliphatic carbocycles. The Balaban J connectivity index is 2.76. The molecule has 0 unspecified atom stereocenters. The lowest BCUT2D eigenvalue weighted by atomic mass is 11.9. The first-order valence-electron chi connectivity index (χ1n) is 11.5. The lowest BCUT2D eigenvalue weighted by Crippen LogP contribution is -2.44. The normalized spacial score (nSPS) is 45.0. The molecular weight excluding hydrogens is 617 g/mol. The van der Waals surface area contributed by atoms with Crippen LogP contribution >= 0.6 is 0 Å². The third kappa shape index (κ3) is 16.4. The molecule has 22 heteroatoms. The minimum absolute atomic E-state index is 1.84. The molecule has 0 aromatic heterocycles. The molecule has 1 aliphatic heterocycles. The van der Waals surface area contributed by atoms with Gasteiger partial charge in [0.05, 0.1) is 0 Å². The summed E-state index contributed by atoms with van der Waals surface area (Å²) in [5.74, 6) is 0. The van der Waals surface area contributed by atoms with Gasteiger partial charge in [0.2, 0.25) is 0 Å². The molecule has 0 spiro atoms. The summed E-state index contributed by atoms with van der Waals surface area (Å²) < 4.78 is 67.1. The van der Waals surface area contributed by atoms with Crippen molar-refractivity contribution < 1.29 is 45.3 Å². The van der Waals surface area contributed by atoms with Crippen LogP contribution in [-0.4, -0.2) is 102 Å². The van der Waals surface area contributed by atoms with E-state index >= 15 is 0 Å². The van der Waals surface area contributed by atoms with Crippen LogP contribution in [0.4, 0.5) is 0 Å². The summed E-state index contributed by atoms with van der Waals surface area (Å²) in [6.07, 6.45) is 0. The molecule has 1 aliphatic rings. The molecule has 0 aromatic rings. The van der Waals surface area contributed by atoms with E-state index in [0.29, 0.717) is 0 Å². The van der Waals surface area contributed by atoms with Crippen molar-refractivity contribution in [3.63, 3.8) is 0 Å². The highest BCUT2D eigenvalue weighted by atomic mass is 28.5. The average Bonchev–Trinajstić information content (AvgIpc) is 2.58. The van der Waals surface area contributed by atoms with Gasteiger partial charge < -0.3 is 45.3 Å². The fraction of sp³-hybridized carbons (Fsp3) is 1.00. The third-order valence-electron chi connectivity index (χ3n) is 4.22. The zero-order valence-electron chi connectivity index (χ0n) is 21.8. The lowest BCUT2D eigenvalue weighted by Gasteiger charge is -2.28. The largest absolute Gasteiger partial charge is 0.420 e. The van der Waals surface area contributed by atoms with Crippen LogP contribution in [-0.2, 0) is 45.3 Å². The van der Waals surface area contributed by atoms with Gasteiger partial charge in [-0.2, -0.15) is 0 Å². The van der Waals surface area contributed by atoms with E-state index in [2.05, 4.69) is 0 Å². The molecule has 0 atom stereocenters. The molecule has 0 aromatic carbocycles. The molecule has 33 heavy (non-hydrogen) atoms. The van der Waals surface area contributed by atoms with E-state index < -0.39 is 102 Å². The maximum atomic E-state index is 6.10. The van der Waals surface area contributed by atoms with Gasteiger partial charge in [0, 0.05) is 0 Å². The molecule has 198 valence electrons. The Kier molecular flexibility index (Phi) is 17.4. The van der Waals surface area contributed by atoms with Gasteiger partial charge in [0.1, 0.15) is 0 Å². The Morgan fingerprint density at radius 2 is 0.242 bits per heavy atom. The van der Waals surface area contributed by atoms with Gasteiger partial charge in [-0.1, -0.05) is 0 Å². The Hall–Kier alpha value is 1.95. The highest BCUT2D eigenvalue weighted by Gasteiger charge is 2.27. The first kappa shape index (κ1) is 33.0. The van der Waals surface area contributed by atoms with Gasteiger partial charge in [-0.15, -0.1) is 0 Å². The summed E-state index contributed by atoms with van der Waals surface area (Å²) in [5.41, 5.74) is 0. The minimum atomic E-state index is -1.84. The van der Waals surface area contributed by atoms with Crippen molar-refractivity contribution in [2.45, 2.75) is 72.0 Å². The van der Waals surface area contributed by atoms with Crippen LogP contribution in [0.25, 0.3) is 0 Å². The first-order chi connectivity index (χ1) is 15.3. The third-order valence-corrected chi connectivity index (χ3v) is 37.9. The fourth-order valence-corrected chi connectivity index (χ4v) is 36.2. The molecule has 0 amide bonds. The molecule has 1 fully saturated rings. The Morgan fingerprint density at radius 1 is 0.182 bits per heavy atom. The van der Waals surface area contributed by atoms with Gasteiger partial charge >= 0.3 is 0 Å². The van der Waals surface area contributed by atoms with Crippen molar-refractivity contribution in [2.75, 3.05) is 0 Å². The van der Waals surface area contributed by atoms with Crippen molar-refractivity contribution in [1.82, 2.24) is 0 Å². The van der Waals surface area contributed by atoms with Crippen LogP contribution in [0.1, 0.15) is 0 Å². The summed E-state index contributed by atoms with van der Waals surface area (Å²) in [5, 5.41) is 0. The Bertz CT molecular complexity index is 359. The second-order valence-electron chi connectivity index (χ2n) is 7.74. The highest BCUT2D eigenvalue weighted by molar-refractivity contribution is 6.73. The average molecular weight is 661 g/mol.